The number of benzene rings is 1. The second-order valence-electron chi connectivity index (χ2n) is 9.21. The fourth-order valence-corrected chi connectivity index (χ4v) is 5.29. The van der Waals surface area contributed by atoms with E-state index < -0.39 is 57.7 Å². The minimum absolute atomic E-state index is 0.122. The maximum absolute atomic E-state index is 13.1. The normalized spacial score (nSPS) is 14.2. The van der Waals surface area contributed by atoms with Crippen LogP contribution in [0.3, 0.4) is 0 Å². The number of alkyl halides is 3. The molecule has 1 amide bonds. The summed E-state index contributed by atoms with van der Waals surface area (Å²) < 4.78 is 71.8. The zero-order chi connectivity index (χ0) is 27.6. The van der Waals surface area contributed by atoms with Gasteiger partial charge in [-0.05, 0) is 37.3 Å². The van der Waals surface area contributed by atoms with E-state index in [1.54, 1.807) is 26.8 Å². The molecule has 0 saturated heterocycles. The molecule has 2 aromatic heterocycles. The summed E-state index contributed by atoms with van der Waals surface area (Å²) in [6.45, 7) is 6.06. The molecule has 2 atom stereocenters. The number of halogens is 3. The van der Waals surface area contributed by atoms with Crippen molar-refractivity contribution in [3.05, 3.63) is 53.2 Å². The average molecular weight is 559 g/mol. The van der Waals surface area contributed by atoms with E-state index in [1.807, 2.05) is 0 Å². The minimum Gasteiger partial charge on any atom is -0.438 e. The van der Waals surface area contributed by atoms with Gasteiger partial charge in [0, 0.05) is 11.6 Å². The second kappa shape index (κ2) is 10.7. The largest absolute Gasteiger partial charge is 0.438 e. The van der Waals surface area contributed by atoms with Crippen LogP contribution in [0.25, 0.3) is 10.2 Å². The number of hydrogen-bond acceptors (Lipinski definition) is 8. The summed E-state index contributed by atoms with van der Waals surface area (Å²) in [5.41, 5.74) is -1.41. The number of rotatable bonds is 8. The molecule has 0 saturated carbocycles. The van der Waals surface area contributed by atoms with E-state index in [-0.39, 0.29) is 10.5 Å². The topological polar surface area (TPSA) is 127 Å². The molecule has 0 spiro atoms. The van der Waals surface area contributed by atoms with E-state index in [0.717, 1.165) is 23.5 Å². The van der Waals surface area contributed by atoms with Crippen LogP contribution in [-0.2, 0) is 25.7 Å². The number of nitrogens with zero attached hydrogens (tertiary/aromatic N) is 2. The van der Waals surface area contributed by atoms with E-state index in [4.69, 9.17) is 4.74 Å². The molecule has 200 valence electrons. The Morgan fingerprint density at radius 3 is 2.43 bits per heavy atom. The first-order valence-electron chi connectivity index (χ1n) is 11.0. The number of alkyl carbamates (subject to hydrolysis) is 1. The fourth-order valence-electron chi connectivity index (χ4n) is 3.13. The van der Waals surface area contributed by atoms with Crippen LogP contribution >= 0.6 is 11.3 Å². The highest BCUT2D eigenvalue weighted by Gasteiger charge is 2.35. The zero-order valence-corrected chi connectivity index (χ0v) is 21.9. The number of hydrogen-bond donors (Lipinski definition) is 2. The lowest BCUT2D eigenvalue weighted by molar-refractivity contribution is -0.137. The molecular weight excluding hydrogens is 533 g/mol. The van der Waals surface area contributed by atoms with Gasteiger partial charge in [-0.3, -0.25) is 4.79 Å². The first kappa shape index (κ1) is 28.5. The van der Waals surface area contributed by atoms with Crippen molar-refractivity contribution in [2.45, 2.75) is 51.0 Å². The first-order chi connectivity index (χ1) is 17.1. The third kappa shape index (κ3) is 7.23. The van der Waals surface area contributed by atoms with Gasteiger partial charge in [-0.15, -0.1) is 11.3 Å². The Balaban J connectivity index is 1.68. The van der Waals surface area contributed by atoms with E-state index >= 15 is 0 Å². The maximum Gasteiger partial charge on any atom is 0.416 e. The summed E-state index contributed by atoms with van der Waals surface area (Å²) in [6.07, 6.45) is -5.14. The van der Waals surface area contributed by atoms with Crippen molar-refractivity contribution in [2.24, 2.45) is 5.41 Å². The molecular formula is C23H25F3N4O5S2. The van der Waals surface area contributed by atoms with Crippen molar-refractivity contribution in [3.8, 4) is 0 Å². The zero-order valence-electron chi connectivity index (χ0n) is 20.3. The van der Waals surface area contributed by atoms with Gasteiger partial charge in [0.1, 0.15) is 5.01 Å². The van der Waals surface area contributed by atoms with Gasteiger partial charge in [-0.2, -0.15) is 13.2 Å². The predicted molar refractivity (Wildman–Crippen MR) is 130 cm³/mol. The van der Waals surface area contributed by atoms with Crippen LogP contribution in [0.5, 0.6) is 0 Å². The van der Waals surface area contributed by atoms with Gasteiger partial charge in [0.05, 0.1) is 28.4 Å². The average Bonchev–Trinajstić information content (AvgIpc) is 3.23. The number of ether oxygens (including phenoxy) is 1. The standard InChI is InChI=1S/C23H25F3N4O5S2/c1-13(16(31)12-28-37(33,34)18-7-5-6-10-27-18)29-21(32)35-19(22(2,3)4)20-30-15-11-14(23(24,25)26)8-9-17(15)36-20/h5-11,13,19,28H,12H2,1-4H3,(H,29,32)/t13-,19+/m0/s1. The lowest BCUT2D eigenvalue weighted by atomic mass is 9.89. The smallest absolute Gasteiger partial charge is 0.416 e. The van der Waals surface area contributed by atoms with Crippen LogP contribution in [0, 0.1) is 5.41 Å². The van der Waals surface area contributed by atoms with Gasteiger partial charge in [-0.25, -0.2) is 27.9 Å². The van der Waals surface area contributed by atoms with Gasteiger partial charge >= 0.3 is 12.3 Å². The second-order valence-corrected chi connectivity index (χ2v) is 12.0. The molecule has 0 unspecified atom stereocenters. The van der Waals surface area contributed by atoms with E-state index in [2.05, 4.69) is 20.0 Å². The Bertz CT molecular complexity index is 1390. The summed E-state index contributed by atoms with van der Waals surface area (Å²) in [4.78, 5) is 33.0. The molecule has 2 N–H and O–H groups in total. The molecule has 0 aliphatic rings. The van der Waals surface area contributed by atoms with E-state index in [9.17, 15) is 31.2 Å². The summed E-state index contributed by atoms with van der Waals surface area (Å²) in [7, 11) is -4.02. The van der Waals surface area contributed by atoms with Gasteiger partial charge in [0.15, 0.2) is 16.9 Å². The van der Waals surface area contributed by atoms with Crippen molar-refractivity contribution < 1.29 is 35.9 Å². The molecule has 3 rings (SSSR count). The number of Topliss-reactive ketones (excluding diaryl/α,β-unsaturated/α-hetero) is 1. The molecule has 0 aliphatic carbocycles. The SMILES string of the molecule is C[C@H](NC(=O)O[C@H](c1nc2cc(C(F)(F)F)ccc2s1)C(C)(C)C)C(=O)CNS(=O)(=O)c1ccccn1. The Hall–Kier alpha value is -3.10. The van der Waals surface area contributed by atoms with Crippen LogP contribution < -0.4 is 10.0 Å². The van der Waals surface area contributed by atoms with Gasteiger partial charge < -0.3 is 10.1 Å². The summed E-state index contributed by atoms with van der Waals surface area (Å²) >= 11 is 1.09. The van der Waals surface area contributed by atoms with Crippen molar-refractivity contribution in [1.82, 2.24) is 20.0 Å². The number of ketones is 1. The van der Waals surface area contributed by atoms with Gasteiger partial charge in [0.2, 0.25) is 0 Å². The third-order valence-electron chi connectivity index (χ3n) is 5.13. The van der Waals surface area contributed by atoms with Crippen LogP contribution in [-0.4, -0.2) is 42.8 Å². The summed E-state index contributed by atoms with van der Waals surface area (Å²) in [6, 6.07) is 6.39. The number of aromatic nitrogens is 2. The highest BCUT2D eigenvalue weighted by atomic mass is 32.2. The Morgan fingerprint density at radius 2 is 1.84 bits per heavy atom. The quantitative estimate of drug-likeness (QED) is 0.418. The summed E-state index contributed by atoms with van der Waals surface area (Å²) in [5.74, 6) is -0.636. The third-order valence-corrected chi connectivity index (χ3v) is 7.53. The lowest BCUT2D eigenvalue weighted by Gasteiger charge is -2.29. The number of carbonyl (C=O) groups is 2. The van der Waals surface area contributed by atoms with Crippen LogP contribution in [0.15, 0.2) is 47.6 Å². The fraction of sp³-hybridized carbons (Fsp3) is 0.391. The number of fused-ring (bicyclic) bond motifs is 1. The molecule has 14 heteroatoms. The number of carbonyl (C=O) groups excluding carboxylic acids is 2. The molecule has 37 heavy (non-hydrogen) atoms. The number of sulfonamides is 1. The minimum atomic E-state index is -4.52. The predicted octanol–water partition coefficient (Wildman–Crippen LogP) is 4.46. The van der Waals surface area contributed by atoms with Crippen LogP contribution in [0.2, 0.25) is 0 Å². The molecule has 2 heterocycles. The first-order valence-corrected chi connectivity index (χ1v) is 13.3. The Labute approximate surface area is 215 Å². The number of pyridine rings is 1. The van der Waals surface area contributed by atoms with E-state index in [1.165, 1.54) is 31.3 Å². The molecule has 0 fully saturated rings. The molecule has 0 bridgehead atoms. The Kier molecular flexibility index (Phi) is 8.24. The van der Waals surface area contributed by atoms with Crippen molar-refractivity contribution in [1.29, 1.82) is 0 Å². The maximum atomic E-state index is 13.1. The monoisotopic (exact) mass is 558 g/mol. The van der Waals surface area contributed by atoms with Crippen LogP contribution in [0.4, 0.5) is 18.0 Å². The van der Waals surface area contributed by atoms with Crippen LogP contribution in [0.1, 0.15) is 44.4 Å². The van der Waals surface area contributed by atoms with Crippen molar-refractivity contribution >= 4 is 43.5 Å². The Morgan fingerprint density at radius 1 is 1.14 bits per heavy atom. The summed E-state index contributed by atoms with van der Waals surface area (Å²) in [5, 5.41) is 2.39. The number of nitrogens with one attached hydrogen (secondary N) is 2. The molecule has 0 aliphatic heterocycles. The van der Waals surface area contributed by atoms with Gasteiger partial charge in [-0.1, -0.05) is 26.8 Å². The van der Waals surface area contributed by atoms with Crippen molar-refractivity contribution in [2.75, 3.05) is 6.54 Å². The molecule has 3 aromatic rings. The van der Waals surface area contributed by atoms with Gasteiger partial charge in [0.25, 0.3) is 10.0 Å². The number of thiazole rings is 1. The molecule has 0 radical (unpaired) electrons. The highest BCUT2D eigenvalue weighted by Crippen LogP contribution is 2.41. The van der Waals surface area contributed by atoms with E-state index in [0.29, 0.717) is 9.71 Å². The molecule has 9 nitrogen and oxygen atoms in total. The highest BCUT2D eigenvalue weighted by molar-refractivity contribution is 7.89. The number of amides is 1. The molecule has 1 aromatic carbocycles. The van der Waals surface area contributed by atoms with Crippen molar-refractivity contribution in [3.63, 3.8) is 0 Å². The lowest BCUT2D eigenvalue weighted by Crippen LogP contribution is -2.44.